The van der Waals surface area contributed by atoms with Crippen molar-refractivity contribution in [3.05, 3.63) is 18.0 Å². The zero-order valence-corrected chi connectivity index (χ0v) is 9.98. The summed E-state index contributed by atoms with van der Waals surface area (Å²) in [5.41, 5.74) is 1.22. The maximum atomic E-state index is 9.72. The molecule has 0 spiro atoms. The second kappa shape index (κ2) is 5.91. The number of hydrogen-bond donors (Lipinski definition) is 1. The van der Waals surface area contributed by atoms with Crippen LogP contribution in [0.1, 0.15) is 39.2 Å². The van der Waals surface area contributed by atoms with Gasteiger partial charge in [0.05, 0.1) is 12.3 Å². The molecule has 0 aliphatic heterocycles. The average Bonchev–Trinajstić information content (AvgIpc) is 2.61. The van der Waals surface area contributed by atoms with E-state index in [1.54, 1.807) is 0 Å². The van der Waals surface area contributed by atoms with Gasteiger partial charge in [0.2, 0.25) is 0 Å². The van der Waals surface area contributed by atoms with Gasteiger partial charge in [-0.15, -0.1) is 0 Å². The largest absolute Gasteiger partial charge is 0.393 e. The Labute approximate surface area is 92.1 Å². The molecule has 3 heteroatoms. The second-order valence-corrected chi connectivity index (χ2v) is 4.53. The summed E-state index contributed by atoms with van der Waals surface area (Å²) in [7, 11) is 0. The van der Waals surface area contributed by atoms with E-state index < -0.39 is 0 Å². The Morgan fingerprint density at radius 1 is 1.47 bits per heavy atom. The summed E-state index contributed by atoms with van der Waals surface area (Å²) in [6.07, 6.45) is 6.44. The molecule has 1 heterocycles. The van der Waals surface area contributed by atoms with E-state index >= 15 is 0 Å². The number of aromatic nitrogens is 2. The van der Waals surface area contributed by atoms with Crippen molar-refractivity contribution in [3.63, 3.8) is 0 Å². The van der Waals surface area contributed by atoms with Gasteiger partial charge in [-0.1, -0.05) is 13.8 Å². The highest BCUT2D eigenvalue weighted by molar-refractivity contribution is 5.03. The van der Waals surface area contributed by atoms with E-state index in [0.717, 1.165) is 25.8 Å². The van der Waals surface area contributed by atoms with E-state index in [-0.39, 0.29) is 6.10 Å². The lowest BCUT2D eigenvalue weighted by molar-refractivity contribution is 0.140. The van der Waals surface area contributed by atoms with Crippen molar-refractivity contribution in [2.45, 2.75) is 52.7 Å². The van der Waals surface area contributed by atoms with Crippen LogP contribution in [-0.2, 0) is 13.0 Å². The van der Waals surface area contributed by atoms with Crippen LogP contribution in [0.4, 0.5) is 0 Å². The Bertz CT molecular complexity index is 281. The monoisotopic (exact) mass is 210 g/mol. The molecule has 0 saturated carbocycles. The van der Waals surface area contributed by atoms with Crippen LogP contribution in [0.2, 0.25) is 0 Å². The fourth-order valence-corrected chi connectivity index (χ4v) is 1.70. The molecule has 86 valence electrons. The minimum atomic E-state index is -0.171. The Kier molecular flexibility index (Phi) is 4.82. The van der Waals surface area contributed by atoms with Crippen molar-refractivity contribution in [2.75, 3.05) is 0 Å². The molecule has 0 aromatic carbocycles. The van der Waals surface area contributed by atoms with E-state index in [0.29, 0.717) is 5.92 Å². The fraction of sp³-hybridized carbons (Fsp3) is 0.750. The summed E-state index contributed by atoms with van der Waals surface area (Å²) in [5.74, 6) is 0.568. The molecule has 0 aliphatic carbocycles. The first-order chi connectivity index (χ1) is 7.11. The maximum absolute atomic E-state index is 9.72. The molecule has 0 bridgehead atoms. The second-order valence-electron chi connectivity index (χ2n) is 4.53. The standard InChI is InChI=1S/C12H22N2O/c1-4-14-9-11(8-13-14)5-6-12(15)7-10(2)3/h8-10,12,15H,4-7H2,1-3H3. The predicted octanol–water partition coefficient (Wildman–Crippen LogP) is 2.24. The first-order valence-electron chi connectivity index (χ1n) is 5.81. The lowest BCUT2D eigenvalue weighted by Gasteiger charge is -2.11. The molecule has 1 aromatic heterocycles. The third-order valence-corrected chi connectivity index (χ3v) is 2.52. The van der Waals surface area contributed by atoms with Gasteiger partial charge in [0, 0.05) is 12.7 Å². The van der Waals surface area contributed by atoms with Gasteiger partial charge in [-0.2, -0.15) is 5.10 Å². The molecule has 1 unspecified atom stereocenters. The molecular weight excluding hydrogens is 188 g/mol. The third-order valence-electron chi connectivity index (χ3n) is 2.52. The van der Waals surface area contributed by atoms with Crippen molar-refractivity contribution >= 4 is 0 Å². The number of nitrogens with zero attached hydrogens (tertiary/aromatic N) is 2. The normalized spacial score (nSPS) is 13.4. The van der Waals surface area contributed by atoms with Crippen molar-refractivity contribution in [1.82, 2.24) is 9.78 Å². The Balaban J connectivity index is 2.30. The van der Waals surface area contributed by atoms with Crippen molar-refractivity contribution in [2.24, 2.45) is 5.92 Å². The van der Waals surface area contributed by atoms with Gasteiger partial charge >= 0.3 is 0 Å². The molecule has 0 amide bonds. The van der Waals surface area contributed by atoms with Gasteiger partial charge in [-0.3, -0.25) is 4.68 Å². The molecule has 1 rings (SSSR count). The van der Waals surface area contributed by atoms with E-state index in [4.69, 9.17) is 0 Å². The molecule has 0 aliphatic rings. The smallest absolute Gasteiger partial charge is 0.0545 e. The summed E-state index contributed by atoms with van der Waals surface area (Å²) in [4.78, 5) is 0. The predicted molar refractivity (Wildman–Crippen MR) is 61.7 cm³/mol. The number of aliphatic hydroxyl groups is 1. The van der Waals surface area contributed by atoms with Gasteiger partial charge < -0.3 is 5.11 Å². The van der Waals surface area contributed by atoms with Gasteiger partial charge in [-0.25, -0.2) is 0 Å². The molecule has 3 nitrogen and oxygen atoms in total. The fourth-order valence-electron chi connectivity index (χ4n) is 1.70. The molecular formula is C12H22N2O. The first-order valence-corrected chi connectivity index (χ1v) is 5.81. The Hall–Kier alpha value is -0.830. The lowest BCUT2D eigenvalue weighted by Crippen LogP contribution is -2.10. The van der Waals surface area contributed by atoms with Gasteiger partial charge in [0.15, 0.2) is 0 Å². The molecule has 1 atom stereocenters. The van der Waals surface area contributed by atoms with Crippen molar-refractivity contribution < 1.29 is 5.11 Å². The van der Waals surface area contributed by atoms with Crippen LogP contribution >= 0.6 is 0 Å². The highest BCUT2D eigenvalue weighted by atomic mass is 16.3. The third kappa shape index (κ3) is 4.47. The average molecular weight is 210 g/mol. The van der Waals surface area contributed by atoms with Crippen molar-refractivity contribution in [1.29, 1.82) is 0 Å². The van der Waals surface area contributed by atoms with Gasteiger partial charge in [-0.05, 0) is 37.7 Å². The van der Waals surface area contributed by atoms with Crippen LogP contribution in [0.25, 0.3) is 0 Å². The summed E-state index contributed by atoms with van der Waals surface area (Å²) in [6.45, 7) is 7.26. The molecule has 0 radical (unpaired) electrons. The zero-order chi connectivity index (χ0) is 11.3. The maximum Gasteiger partial charge on any atom is 0.0545 e. The highest BCUT2D eigenvalue weighted by Crippen LogP contribution is 2.11. The summed E-state index contributed by atoms with van der Waals surface area (Å²) < 4.78 is 1.92. The van der Waals surface area contributed by atoms with Gasteiger partial charge in [0.25, 0.3) is 0 Å². The summed E-state index contributed by atoms with van der Waals surface area (Å²) >= 11 is 0. The summed E-state index contributed by atoms with van der Waals surface area (Å²) in [6, 6.07) is 0. The number of aryl methyl sites for hydroxylation is 2. The molecule has 1 N–H and O–H groups in total. The van der Waals surface area contributed by atoms with Crippen LogP contribution < -0.4 is 0 Å². The van der Waals surface area contributed by atoms with Crippen LogP contribution in [0.15, 0.2) is 12.4 Å². The van der Waals surface area contributed by atoms with E-state index in [2.05, 4.69) is 32.1 Å². The Morgan fingerprint density at radius 3 is 2.73 bits per heavy atom. The molecule has 0 fully saturated rings. The van der Waals surface area contributed by atoms with Crippen LogP contribution in [-0.4, -0.2) is 21.0 Å². The molecule has 0 saturated heterocycles. The minimum absolute atomic E-state index is 0.171. The lowest BCUT2D eigenvalue weighted by atomic mass is 10.0. The number of rotatable bonds is 6. The van der Waals surface area contributed by atoms with Crippen LogP contribution in [0.5, 0.6) is 0 Å². The van der Waals surface area contributed by atoms with E-state index in [9.17, 15) is 5.11 Å². The molecule has 15 heavy (non-hydrogen) atoms. The summed E-state index contributed by atoms with van der Waals surface area (Å²) in [5, 5.41) is 13.9. The van der Waals surface area contributed by atoms with E-state index in [1.807, 2.05) is 10.9 Å². The van der Waals surface area contributed by atoms with Gasteiger partial charge in [0.1, 0.15) is 0 Å². The van der Waals surface area contributed by atoms with Crippen LogP contribution in [0.3, 0.4) is 0 Å². The topological polar surface area (TPSA) is 38.0 Å². The van der Waals surface area contributed by atoms with E-state index in [1.165, 1.54) is 5.56 Å². The number of aliphatic hydroxyl groups excluding tert-OH is 1. The Morgan fingerprint density at radius 2 is 2.20 bits per heavy atom. The minimum Gasteiger partial charge on any atom is -0.393 e. The SMILES string of the molecule is CCn1cc(CCC(O)CC(C)C)cn1. The quantitative estimate of drug-likeness (QED) is 0.782. The van der Waals surface area contributed by atoms with Crippen LogP contribution in [0, 0.1) is 5.92 Å². The first kappa shape index (κ1) is 12.2. The van der Waals surface area contributed by atoms with Crippen molar-refractivity contribution in [3.8, 4) is 0 Å². The zero-order valence-electron chi connectivity index (χ0n) is 9.98. The highest BCUT2D eigenvalue weighted by Gasteiger charge is 2.07. The molecule has 1 aromatic rings. The number of hydrogen-bond acceptors (Lipinski definition) is 2.